The number of nitrogens with one attached hydrogen (secondary N) is 1. The van der Waals surface area contributed by atoms with Crippen molar-refractivity contribution in [3.63, 3.8) is 0 Å². The molecule has 1 aromatic heterocycles. The Labute approximate surface area is 88.8 Å². The normalized spacial score (nSPS) is 16.9. The summed E-state index contributed by atoms with van der Waals surface area (Å²) < 4.78 is 25.6. The third kappa shape index (κ3) is 1.95. The predicted octanol–water partition coefficient (Wildman–Crippen LogP) is 0.749. The Morgan fingerprint density at radius 3 is 2.87 bits per heavy atom. The summed E-state index contributed by atoms with van der Waals surface area (Å²) in [4.78, 5) is 0.219. The minimum absolute atomic E-state index is 0.142. The van der Waals surface area contributed by atoms with E-state index in [1.807, 2.05) is 0 Å². The van der Waals surface area contributed by atoms with Crippen molar-refractivity contribution in [1.29, 1.82) is 0 Å². The highest BCUT2D eigenvalue weighted by Gasteiger charge is 2.37. The van der Waals surface area contributed by atoms with Crippen molar-refractivity contribution in [3.05, 3.63) is 25.0 Å². The van der Waals surface area contributed by atoms with E-state index >= 15 is 0 Å². The molecule has 2 rings (SSSR count). The van der Waals surface area contributed by atoms with Crippen molar-refractivity contribution in [2.45, 2.75) is 23.8 Å². The molecule has 6 heteroatoms. The Hall–Kier alpha value is -1.14. The molecule has 1 aliphatic carbocycles. The molecule has 0 bridgehead atoms. The van der Waals surface area contributed by atoms with Crippen LogP contribution in [-0.2, 0) is 10.0 Å². The van der Waals surface area contributed by atoms with Crippen LogP contribution in [0, 0.1) is 0 Å². The number of nitrogens with zero attached hydrogens (tertiary/aromatic N) is 2. The second kappa shape index (κ2) is 3.79. The molecule has 0 unspecified atom stereocenters. The van der Waals surface area contributed by atoms with Crippen molar-refractivity contribution in [1.82, 2.24) is 14.5 Å². The van der Waals surface area contributed by atoms with Gasteiger partial charge in [0.15, 0.2) is 0 Å². The first kappa shape index (κ1) is 10.4. The van der Waals surface area contributed by atoms with Crippen LogP contribution in [0.2, 0.25) is 0 Å². The molecule has 1 saturated carbocycles. The van der Waals surface area contributed by atoms with E-state index in [9.17, 15) is 8.42 Å². The van der Waals surface area contributed by atoms with Gasteiger partial charge in [0.05, 0.1) is 6.20 Å². The molecule has 0 aliphatic heterocycles. The largest absolute Gasteiger partial charge is 0.284 e. The average molecular weight is 227 g/mol. The highest BCUT2D eigenvalue weighted by Crippen LogP contribution is 2.31. The molecule has 0 spiro atoms. The summed E-state index contributed by atoms with van der Waals surface area (Å²) in [5.74, 6) is 0. The van der Waals surface area contributed by atoms with Crippen LogP contribution in [0.5, 0.6) is 0 Å². The Bertz CT molecular complexity index is 434. The van der Waals surface area contributed by atoms with E-state index in [4.69, 9.17) is 0 Å². The highest BCUT2D eigenvalue weighted by molar-refractivity contribution is 7.89. The smallest absolute Gasteiger partial charge is 0.246 e. The van der Waals surface area contributed by atoms with E-state index in [-0.39, 0.29) is 10.9 Å². The fraction of sp³-hybridized carbons (Fsp3) is 0.444. The lowest BCUT2D eigenvalue weighted by Crippen LogP contribution is -2.33. The quantitative estimate of drug-likeness (QED) is 0.755. The van der Waals surface area contributed by atoms with Gasteiger partial charge in [-0.1, -0.05) is 6.08 Å². The third-order valence-corrected chi connectivity index (χ3v) is 4.23. The second-order valence-electron chi connectivity index (χ2n) is 3.53. The average Bonchev–Trinajstić information content (AvgIpc) is 2.86. The van der Waals surface area contributed by atoms with Crippen LogP contribution in [0.15, 0.2) is 29.9 Å². The first-order chi connectivity index (χ1) is 7.16. The van der Waals surface area contributed by atoms with Gasteiger partial charge in [-0.3, -0.25) is 5.10 Å². The van der Waals surface area contributed by atoms with Crippen molar-refractivity contribution < 1.29 is 8.42 Å². The molecular formula is C9H13N3O2S. The Morgan fingerprint density at radius 2 is 2.40 bits per heavy atom. The molecule has 1 fully saturated rings. The number of hydrogen-bond donors (Lipinski definition) is 1. The molecule has 0 aromatic carbocycles. The Kier molecular flexibility index (Phi) is 2.62. The maximum atomic E-state index is 12.1. The first-order valence-corrected chi connectivity index (χ1v) is 6.22. The fourth-order valence-corrected chi connectivity index (χ4v) is 3.01. The summed E-state index contributed by atoms with van der Waals surface area (Å²) >= 11 is 0. The van der Waals surface area contributed by atoms with Crippen molar-refractivity contribution in [3.8, 4) is 0 Å². The van der Waals surface area contributed by atoms with Crippen molar-refractivity contribution >= 4 is 10.0 Å². The Balaban J connectivity index is 2.29. The van der Waals surface area contributed by atoms with E-state index in [1.54, 1.807) is 6.08 Å². The van der Waals surface area contributed by atoms with Gasteiger partial charge in [0.25, 0.3) is 0 Å². The molecule has 0 radical (unpaired) electrons. The van der Waals surface area contributed by atoms with Gasteiger partial charge in [-0.05, 0) is 12.8 Å². The van der Waals surface area contributed by atoms with Gasteiger partial charge in [0.2, 0.25) is 10.0 Å². The van der Waals surface area contributed by atoms with Gasteiger partial charge in [-0.25, -0.2) is 8.42 Å². The summed E-state index contributed by atoms with van der Waals surface area (Å²) in [6.07, 6.45) is 6.20. The molecule has 1 N–H and O–H groups in total. The molecule has 0 saturated heterocycles. The van der Waals surface area contributed by atoms with Gasteiger partial charge in [-0.2, -0.15) is 9.40 Å². The molecular weight excluding hydrogens is 214 g/mol. The summed E-state index contributed by atoms with van der Waals surface area (Å²) in [6, 6.07) is 0.142. The van der Waals surface area contributed by atoms with Crippen LogP contribution < -0.4 is 0 Å². The fourth-order valence-electron chi connectivity index (χ4n) is 1.45. The predicted molar refractivity (Wildman–Crippen MR) is 55.7 cm³/mol. The zero-order valence-electron chi connectivity index (χ0n) is 8.26. The summed E-state index contributed by atoms with van der Waals surface area (Å²) in [7, 11) is -3.39. The summed E-state index contributed by atoms with van der Waals surface area (Å²) in [5, 5.41) is 6.16. The summed E-state index contributed by atoms with van der Waals surface area (Å²) in [6.45, 7) is 3.94. The lowest BCUT2D eigenvalue weighted by Gasteiger charge is -2.18. The lowest BCUT2D eigenvalue weighted by molar-refractivity contribution is 0.436. The highest BCUT2D eigenvalue weighted by atomic mass is 32.2. The molecule has 0 atom stereocenters. The van der Waals surface area contributed by atoms with Crippen LogP contribution in [0.4, 0.5) is 0 Å². The number of sulfonamides is 1. The van der Waals surface area contributed by atoms with E-state index in [1.165, 1.54) is 16.7 Å². The number of aromatic amines is 1. The zero-order valence-corrected chi connectivity index (χ0v) is 9.07. The number of aromatic nitrogens is 2. The SMILES string of the molecule is C=CCN(C1CC1)S(=O)(=O)c1cn[nH]c1. The van der Waals surface area contributed by atoms with Gasteiger partial charge in [-0.15, -0.1) is 6.58 Å². The van der Waals surface area contributed by atoms with Gasteiger partial charge in [0.1, 0.15) is 4.90 Å². The Morgan fingerprint density at radius 1 is 1.67 bits per heavy atom. The van der Waals surface area contributed by atoms with Crippen molar-refractivity contribution in [2.75, 3.05) is 6.54 Å². The molecule has 0 amide bonds. The summed E-state index contributed by atoms with van der Waals surface area (Å²) in [5.41, 5.74) is 0. The van der Waals surface area contributed by atoms with Crippen LogP contribution >= 0.6 is 0 Å². The number of hydrogen-bond acceptors (Lipinski definition) is 3. The van der Waals surface area contributed by atoms with Gasteiger partial charge >= 0.3 is 0 Å². The third-order valence-electron chi connectivity index (χ3n) is 2.34. The standard InChI is InChI=1S/C9H13N3O2S/c1-2-5-12(8-3-4-8)15(13,14)9-6-10-11-7-9/h2,6-8H,1,3-5H2,(H,10,11). The minimum Gasteiger partial charge on any atom is -0.284 e. The maximum absolute atomic E-state index is 12.1. The van der Waals surface area contributed by atoms with E-state index in [0.29, 0.717) is 6.54 Å². The molecule has 1 aliphatic rings. The van der Waals surface area contributed by atoms with Crippen LogP contribution in [0.1, 0.15) is 12.8 Å². The molecule has 15 heavy (non-hydrogen) atoms. The van der Waals surface area contributed by atoms with Gasteiger partial charge in [0, 0.05) is 18.8 Å². The molecule has 82 valence electrons. The monoisotopic (exact) mass is 227 g/mol. The topological polar surface area (TPSA) is 66.1 Å². The number of rotatable bonds is 5. The van der Waals surface area contributed by atoms with Crippen molar-refractivity contribution in [2.24, 2.45) is 0 Å². The maximum Gasteiger partial charge on any atom is 0.246 e. The zero-order chi connectivity index (χ0) is 10.9. The second-order valence-corrected chi connectivity index (χ2v) is 5.42. The first-order valence-electron chi connectivity index (χ1n) is 4.78. The van der Waals surface area contributed by atoms with E-state index in [2.05, 4.69) is 16.8 Å². The molecule has 5 nitrogen and oxygen atoms in total. The van der Waals surface area contributed by atoms with Crippen LogP contribution in [-0.4, -0.2) is 35.5 Å². The molecule has 1 aromatic rings. The lowest BCUT2D eigenvalue weighted by atomic mass is 10.6. The minimum atomic E-state index is -3.39. The van der Waals surface area contributed by atoms with Crippen LogP contribution in [0.3, 0.4) is 0 Å². The molecule has 1 heterocycles. The number of H-pyrrole nitrogens is 1. The van der Waals surface area contributed by atoms with E-state index < -0.39 is 10.0 Å². The van der Waals surface area contributed by atoms with E-state index in [0.717, 1.165) is 12.8 Å². The van der Waals surface area contributed by atoms with Crippen LogP contribution in [0.25, 0.3) is 0 Å². The van der Waals surface area contributed by atoms with Gasteiger partial charge < -0.3 is 0 Å².